The molecule has 0 saturated heterocycles. The number of benzene rings is 3. The Labute approximate surface area is 206 Å². The number of anilines is 3. The van der Waals surface area contributed by atoms with Gasteiger partial charge in [0.15, 0.2) is 0 Å². The summed E-state index contributed by atoms with van der Waals surface area (Å²) in [6, 6.07) is 25.8. The van der Waals surface area contributed by atoms with E-state index in [4.69, 9.17) is 4.74 Å². The van der Waals surface area contributed by atoms with Crippen LogP contribution < -0.4 is 19.9 Å². The van der Waals surface area contributed by atoms with Crippen LogP contribution in [0.3, 0.4) is 0 Å². The van der Waals surface area contributed by atoms with Gasteiger partial charge < -0.3 is 19.9 Å². The van der Waals surface area contributed by atoms with E-state index in [1.54, 1.807) is 7.11 Å². The molecule has 0 amide bonds. The largest absolute Gasteiger partial charge is 0.496 e. The SMILES string of the molecule is CCCCN(CCCC)c1ccc(C(Nc2ccccc2)c2ccc(N(C)C)cc2)c(OC)c1. The second-order valence-electron chi connectivity index (χ2n) is 9.05. The Morgan fingerprint density at radius 1 is 0.794 bits per heavy atom. The molecule has 1 atom stereocenters. The molecule has 4 heteroatoms. The van der Waals surface area contributed by atoms with Gasteiger partial charge in [0.2, 0.25) is 0 Å². The molecule has 0 aromatic heterocycles. The summed E-state index contributed by atoms with van der Waals surface area (Å²) in [5.41, 5.74) is 5.85. The Morgan fingerprint density at radius 2 is 1.41 bits per heavy atom. The lowest BCUT2D eigenvalue weighted by atomic mass is 9.96. The first kappa shape index (κ1) is 25.5. The molecule has 0 aliphatic carbocycles. The van der Waals surface area contributed by atoms with Crippen molar-refractivity contribution in [3.05, 3.63) is 83.9 Å². The Morgan fingerprint density at radius 3 is 1.97 bits per heavy atom. The first-order valence-corrected chi connectivity index (χ1v) is 12.6. The van der Waals surface area contributed by atoms with E-state index in [1.807, 2.05) is 6.07 Å². The van der Waals surface area contributed by atoms with Crippen molar-refractivity contribution in [1.82, 2.24) is 0 Å². The van der Waals surface area contributed by atoms with Crippen LogP contribution >= 0.6 is 0 Å². The molecule has 0 radical (unpaired) electrons. The number of nitrogens with zero attached hydrogens (tertiary/aromatic N) is 2. The van der Waals surface area contributed by atoms with Crippen LogP contribution in [0.2, 0.25) is 0 Å². The highest BCUT2D eigenvalue weighted by Gasteiger charge is 2.20. The van der Waals surface area contributed by atoms with E-state index in [1.165, 1.54) is 42.6 Å². The predicted molar refractivity (Wildman–Crippen MR) is 148 cm³/mol. The normalized spacial score (nSPS) is 11.7. The van der Waals surface area contributed by atoms with Crippen LogP contribution in [-0.4, -0.2) is 34.3 Å². The van der Waals surface area contributed by atoms with Gasteiger partial charge in [-0.2, -0.15) is 0 Å². The lowest BCUT2D eigenvalue weighted by Crippen LogP contribution is -2.25. The molecule has 1 N–H and O–H groups in total. The summed E-state index contributed by atoms with van der Waals surface area (Å²) in [4.78, 5) is 4.63. The minimum atomic E-state index is -0.0256. The third kappa shape index (κ3) is 6.69. The molecule has 0 bridgehead atoms. The molecule has 4 nitrogen and oxygen atoms in total. The summed E-state index contributed by atoms with van der Waals surface area (Å²) in [5, 5.41) is 3.75. The van der Waals surface area contributed by atoms with Crippen molar-refractivity contribution in [2.24, 2.45) is 0 Å². The van der Waals surface area contributed by atoms with E-state index in [0.29, 0.717) is 0 Å². The minimum absolute atomic E-state index is 0.0256. The fraction of sp³-hybridized carbons (Fsp3) is 0.400. The van der Waals surface area contributed by atoms with Gasteiger partial charge in [0.25, 0.3) is 0 Å². The van der Waals surface area contributed by atoms with Crippen molar-refractivity contribution in [3.8, 4) is 5.75 Å². The molecule has 0 heterocycles. The van der Waals surface area contributed by atoms with Gasteiger partial charge in [-0.05, 0) is 48.7 Å². The summed E-state index contributed by atoms with van der Waals surface area (Å²) in [5.74, 6) is 0.917. The van der Waals surface area contributed by atoms with Gasteiger partial charge in [0.1, 0.15) is 5.75 Å². The van der Waals surface area contributed by atoms with Crippen LogP contribution in [0.4, 0.5) is 17.1 Å². The maximum absolute atomic E-state index is 5.97. The second-order valence-corrected chi connectivity index (χ2v) is 9.05. The topological polar surface area (TPSA) is 27.7 Å². The molecule has 1 unspecified atom stereocenters. The van der Waals surface area contributed by atoms with E-state index in [-0.39, 0.29) is 6.04 Å². The van der Waals surface area contributed by atoms with Gasteiger partial charge in [-0.1, -0.05) is 63.1 Å². The minimum Gasteiger partial charge on any atom is -0.496 e. The lowest BCUT2D eigenvalue weighted by molar-refractivity contribution is 0.408. The summed E-state index contributed by atoms with van der Waals surface area (Å²) in [6.07, 6.45) is 4.79. The summed E-state index contributed by atoms with van der Waals surface area (Å²) < 4.78 is 5.97. The molecule has 0 aliphatic rings. The molecular formula is C30H41N3O. The van der Waals surface area contributed by atoms with Crippen LogP contribution in [-0.2, 0) is 0 Å². The van der Waals surface area contributed by atoms with Crippen molar-refractivity contribution < 1.29 is 4.74 Å². The van der Waals surface area contributed by atoms with Gasteiger partial charge in [-0.15, -0.1) is 0 Å². The Hall–Kier alpha value is -3.14. The molecule has 0 fully saturated rings. The molecule has 3 aromatic carbocycles. The molecule has 3 rings (SSSR count). The maximum Gasteiger partial charge on any atom is 0.126 e. The monoisotopic (exact) mass is 459 g/mol. The standard InChI is InChI=1S/C30H41N3O/c1-6-8-21-33(22-9-7-2)27-19-20-28(29(23-27)34-5)30(31-25-13-11-10-12-14-25)24-15-17-26(18-16-24)32(3)4/h10-20,23,30-31H,6-9,21-22H2,1-5H3. The van der Waals surface area contributed by atoms with Crippen molar-refractivity contribution in [2.45, 2.75) is 45.6 Å². The van der Waals surface area contributed by atoms with Gasteiger partial charge >= 0.3 is 0 Å². The van der Waals surface area contributed by atoms with E-state index in [0.717, 1.165) is 30.1 Å². The van der Waals surface area contributed by atoms with Gasteiger partial charge in [-0.3, -0.25) is 0 Å². The quantitative estimate of drug-likeness (QED) is 0.289. The van der Waals surface area contributed by atoms with Gasteiger partial charge in [0, 0.05) is 55.9 Å². The zero-order chi connectivity index (χ0) is 24.3. The Balaban J connectivity index is 2.00. The summed E-state index contributed by atoms with van der Waals surface area (Å²) >= 11 is 0. The van der Waals surface area contributed by atoms with E-state index in [2.05, 4.69) is 110 Å². The smallest absolute Gasteiger partial charge is 0.126 e. The zero-order valence-electron chi connectivity index (χ0n) is 21.6. The number of para-hydroxylation sites is 1. The highest BCUT2D eigenvalue weighted by Crippen LogP contribution is 2.36. The number of rotatable bonds is 13. The Kier molecular flexibility index (Phi) is 9.69. The fourth-order valence-electron chi connectivity index (χ4n) is 4.21. The number of nitrogens with one attached hydrogen (secondary N) is 1. The Bertz CT molecular complexity index is 978. The number of methoxy groups -OCH3 is 1. The average Bonchev–Trinajstić information content (AvgIpc) is 2.88. The number of hydrogen-bond donors (Lipinski definition) is 1. The molecule has 3 aromatic rings. The van der Waals surface area contributed by atoms with Crippen LogP contribution in [0.1, 0.15) is 56.7 Å². The first-order valence-electron chi connectivity index (χ1n) is 12.6. The highest BCUT2D eigenvalue weighted by atomic mass is 16.5. The third-order valence-electron chi connectivity index (χ3n) is 6.28. The lowest BCUT2D eigenvalue weighted by Gasteiger charge is -2.28. The molecule has 0 spiro atoms. The third-order valence-corrected chi connectivity index (χ3v) is 6.28. The van der Waals surface area contributed by atoms with Crippen LogP contribution in [0.25, 0.3) is 0 Å². The number of unbranched alkanes of at least 4 members (excludes halogenated alkanes) is 2. The second kappa shape index (κ2) is 12.9. The van der Waals surface area contributed by atoms with Crippen molar-refractivity contribution in [1.29, 1.82) is 0 Å². The molecule has 182 valence electrons. The van der Waals surface area contributed by atoms with Crippen molar-refractivity contribution >= 4 is 17.1 Å². The maximum atomic E-state index is 5.97. The van der Waals surface area contributed by atoms with Gasteiger partial charge in [0.05, 0.1) is 13.2 Å². The van der Waals surface area contributed by atoms with Crippen LogP contribution in [0.5, 0.6) is 5.75 Å². The summed E-state index contributed by atoms with van der Waals surface area (Å²) in [7, 11) is 5.92. The van der Waals surface area contributed by atoms with E-state index >= 15 is 0 Å². The molecule has 0 aliphatic heterocycles. The van der Waals surface area contributed by atoms with Crippen LogP contribution in [0.15, 0.2) is 72.8 Å². The molecule has 0 saturated carbocycles. The fourth-order valence-corrected chi connectivity index (χ4v) is 4.21. The van der Waals surface area contributed by atoms with E-state index < -0.39 is 0 Å². The van der Waals surface area contributed by atoms with Crippen molar-refractivity contribution in [2.75, 3.05) is 49.4 Å². The molecular weight excluding hydrogens is 418 g/mol. The number of ether oxygens (including phenoxy) is 1. The molecule has 34 heavy (non-hydrogen) atoms. The highest BCUT2D eigenvalue weighted by molar-refractivity contribution is 5.59. The van der Waals surface area contributed by atoms with Gasteiger partial charge in [-0.25, -0.2) is 0 Å². The van der Waals surface area contributed by atoms with Crippen LogP contribution in [0, 0.1) is 0 Å². The zero-order valence-corrected chi connectivity index (χ0v) is 21.6. The average molecular weight is 460 g/mol. The van der Waals surface area contributed by atoms with Crippen molar-refractivity contribution in [3.63, 3.8) is 0 Å². The summed E-state index contributed by atoms with van der Waals surface area (Å²) in [6.45, 7) is 6.67. The number of hydrogen-bond acceptors (Lipinski definition) is 4. The predicted octanol–water partition coefficient (Wildman–Crippen LogP) is 7.37. The van der Waals surface area contributed by atoms with E-state index in [9.17, 15) is 0 Å². The first-order chi connectivity index (χ1) is 16.6.